The van der Waals surface area contributed by atoms with Gasteiger partial charge in [-0.05, 0) is 48.7 Å². The molecule has 3 heterocycles. The number of hydrogen-bond donors (Lipinski definition) is 1. The van der Waals surface area contributed by atoms with Crippen LogP contribution in [0.15, 0.2) is 33.9 Å². The highest BCUT2D eigenvalue weighted by Gasteiger charge is 2.20. The van der Waals surface area contributed by atoms with Gasteiger partial charge in [-0.3, -0.25) is 23.3 Å². The molecule has 0 bridgehead atoms. The molecule has 3 aromatic rings. The van der Waals surface area contributed by atoms with Crippen molar-refractivity contribution in [2.75, 3.05) is 23.3 Å². The van der Waals surface area contributed by atoms with Crippen LogP contribution in [0.4, 0.5) is 11.4 Å². The van der Waals surface area contributed by atoms with Gasteiger partial charge in [0.05, 0.1) is 0 Å². The predicted molar refractivity (Wildman–Crippen MR) is 121 cm³/mol. The van der Waals surface area contributed by atoms with Gasteiger partial charge in [0.25, 0.3) is 5.56 Å². The van der Waals surface area contributed by atoms with E-state index < -0.39 is 11.2 Å². The van der Waals surface area contributed by atoms with E-state index in [0.717, 1.165) is 23.3 Å². The van der Waals surface area contributed by atoms with Crippen molar-refractivity contribution in [3.05, 3.63) is 50.4 Å². The zero-order chi connectivity index (χ0) is 22.1. The summed E-state index contributed by atoms with van der Waals surface area (Å²) in [4.78, 5) is 43.8. The summed E-state index contributed by atoms with van der Waals surface area (Å²) in [7, 11) is 2.88. The Hall–Kier alpha value is -3.07. The lowest BCUT2D eigenvalue weighted by molar-refractivity contribution is -0.116. The van der Waals surface area contributed by atoms with Crippen molar-refractivity contribution in [1.29, 1.82) is 0 Å². The fourth-order valence-electron chi connectivity index (χ4n) is 3.99. The Morgan fingerprint density at radius 3 is 2.32 bits per heavy atom. The second-order valence-electron chi connectivity index (χ2n) is 7.84. The number of aromatic nitrogens is 4. The molecule has 1 amide bonds. The number of carbonyl (C=O) groups is 1. The molecule has 1 N–H and O–H groups in total. The van der Waals surface area contributed by atoms with Crippen molar-refractivity contribution in [2.24, 2.45) is 14.1 Å². The second-order valence-corrected chi connectivity index (χ2v) is 8.18. The van der Waals surface area contributed by atoms with Crippen LogP contribution in [0.1, 0.15) is 25.7 Å². The highest BCUT2D eigenvalue weighted by atomic mass is 35.5. The van der Waals surface area contributed by atoms with Crippen molar-refractivity contribution in [3.63, 3.8) is 0 Å². The molecule has 1 fully saturated rings. The minimum atomic E-state index is -0.549. The van der Waals surface area contributed by atoms with E-state index in [2.05, 4.69) is 15.2 Å². The fourth-order valence-corrected chi connectivity index (χ4v) is 4.22. The minimum absolute atomic E-state index is 0.0278. The first kappa shape index (κ1) is 21.2. The van der Waals surface area contributed by atoms with Crippen LogP contribution in [-0.2, 0) is 25.4 Å². The topological polar surface area (TPSA) is 94.2 Å². The number of carbonyl (C=O) groups excluding carboxylic acids is 1. The number of benzene rings is 1. The maximum absolute atomic E-state index is 12.6. The molecule has 1 aromatic carbocycles. The summed E-state index contributed by atoms with van der Waals surface area (Å²) in [6.07, 6.45) is 4.94. The fraction of sp³-hybridized carbons (Fsp3) is 0.429. The van der Waals surface area contributed by atoms with Gasteiger partial charge in [0.2, 0.25) is 11.2 Å². The molecule has 0 atom stereocenters. The largest absolute Gasteiger partial charge is 0.372 e. The standard InChI is InChI=1S/C21H25ClN6O3/c1-25-18-17(19(30)26(2)21(25)31)28(20(22)24-18)13-16(29)23-14-7-9-15(10-8-14)27-11-5-3-4-6-12-27/h7-10H,3-6,11-13H2,1-2H3,(H,23,29). The third-order valence-corrected chi connectivity index (χ3v) is 6.01. The number of nitrogens with zero attached hydrogens (tertiary/aromatic N) is 5. The summed E-state index contributed by atoms with van der Waals surface area (Å²) < 4.78 is 3.52. The molecule has 1 aliphatic rings. The number of anilines is 2. The van der Waals surface area contributed by atoms with Gasteiger partial charge in [0, 0.05) is 38.6 Å². The van der Waals surface area contributed by atoms with E-state index >= 15 is 0 Å². The van der Waals surface area contributed by atoms with Crippen LogP contribution in [0, 0.1) is 0 Å². The third kappa shape index (κ3) is 4.10. The molecular formula is C21H25ClN6O3. The average Bonchev–Trinajstić information content (AvgIpc) is 2.93. The van der Waals surface area contributed by atoms with Crippen LogP contribution in [-0.4, -0.2) is 37.7 Å². The lowest BCUT2D eigenvalue weighted by Crippen LogP contribution is -2.37. The zero-order valence-electron chi connectivity index (χ0n) is 17.6. The molecule has 1 aliphatic heterocycles. The number of nitrogens with one attached hydrogen (secondary N) is 1. The summed E-state index contributed by atoms with van der Waals surface area (Å²) >= 11 is 6.19. The van der Waals surface area contributed by atoms with Crippen LogP contribution < -0.4 is 21.5 Å². The molecule has 0 radical (unpaired) electrons. The van der Waals surface area contributed by atoms with Gasteiger partial charge in [0.15, 0.2) is 11.2 Å². The maximum atomic E-state index is 12.6. The van der Waals surface area contributed by atoms with Crippen LogP contribution in [0.2, 0.25) is 5.28 Å². The Labute approximate surface area is 183 Å². The molecule has 1 saturated heterocycles. The Morgan fingerprint density at radius 1 is 1.03 bits per heavy atom. The first-order valence-electron chi connectivity index (χ1n) is 10.3. The minimum Gasteiger partial charge on any atom is -0.372 e. The lowest BCUT2D eigenvalue weighted by Gasteiger charge is -2.22. The normalized spacial score (nSPS) is 14.6. The van der Waals surface area contributed by atoms with Crippen LogP contribution in [0.25, 0.3) is 11.2 Å². The van der Waals surface area contributed by atoms with E-state index in [0.29, 0.717) is 5.69 Å². The quantitative estimate of drug-likeness (QED) is 0.622. The van der Waals surface area contributed by atoms with Gasteiger partial charge in [-0.15, -0.1) is 0 Å². The SMILES string of the molecule is Cn1c(=O)c2c(nc(Cl)n2CC(=O)Nc2ccc(N3CCCCCC3)cc2)n(C)c1=O. The zero-order valence-corrected chi connectivity index (χ0v) is 18.4. The van der Waals surface area contributed by atoms with Crippen molar-refractivity contribution < 1.29 is 4.79 Å². The summed E-state index contributed by atoms with van der Waals surface area (Å²) in [5.41, 5.74) is 1.01. The molecule has 9 nitrogen and oxygen atoms in total. The van der Waals surface area contributed by atoms with Gasteiger partial charge in [-0.1, -0.05) is 12.8 Å². The maximum Gasteiger partial charge on any atom is 0.332 e. The first-order chi connectivity index (χ1) is 14.9. The van der Waals surface area contributed by atoms with Crippen molar-refractivity contribution in [3.8, 4) is 0 Å². The number of imidazole rings is 1. The molecule has 31 heavy (non-hydrogen) atoms. The number of amides is 1. The number of rotatable bonds is 4. The number of fused-ring (bicyclic) bond motifs is 1. The molecular weight excluding hydrogens is 420 g/mol. The molecule has 0 saturated carbocycles. The molecule has 0 unspecified atom stereocenters. The summed E-state index contributed by atoms with van der Waals surface area (Å²) in [5.74, 6) is -0.348. The smallest absolute Gasteiger partial charge is 0.332 e. The van der Waals surface area contributed by atoms with E-state index in [-0.39, 0.29) is 28.9 Å². The number of aryl methyl sites for hydroxylation is 1. The predicted octanol–water partition coefficient (Wildman–Crippen LogP) is 2.11. The van der Waals surface area contributed by atoms with Crippen LogP contribution in [0.5, 0.6) is 0 Å². The molecule has 164 valence electrons. The number of hydrogen-bond acceptors (Lipinski definition) is 5. The van der Waals surface area contributed by atoms with Gasteiger partial charge >= 0.3 is 5.69 Å². The Morgan fingerprint density at radius 2 is 1.68 bits per heavy atom. The highest BCUT2D eigenvalue weighted by Crippen LogP contribution is 2.22. The van der Waals surface area contributed by atoms with Gasteiger partial charge < -0.3 is 10.2 Å². The van der Waals surface area contributed by atoms with Gasteiger partial charge in [0.1, 0.15) is 6.54 Å². The van der Waals surface area contributed by atoms with Gasteiger partial charge in [-0.25, -0.2) is 4.79 Å². The van der Waals surface area contributed by atoms with Gasteiger partial charge in [-0.2, -0.15) is 4.98 Å². The lowest BCUT2D eigenvalue weighted by atomic mass is 10.2. The highest BCUT2D eigenvalue weighted by molar-refractivity contribution is 6.29. The van der Waals surface area contributed by atoms with E-state index in [4.69, 9.17) is 11.6 Å². The summed E-state index contributed by atoms with van der Waals surface area (Å²) in [6, 6.07) is 7.75. The summed E-state index contributed by atoms with van der Waals surface area (Å²) in [6.45, 7) is 1.90. The third-order valence-electron chi connectivity index (χ3n) is 5.73. The summed E-state index contributed by atoms with van der Waals surface area (Å²) in [5, 5.41) is 2.80. The van der Waals surface area contributed by atoms with Crippen molar-refractivity contribution in [1.82, 2.24) is 18.7 Å². The molecule has 0 spiro atoms. The monoisotopic (exact) mass is 444 g/mol. The molecule has 4 rings (SSSR count). The van der Waals surface area contributed by atoms with Crippen molar-refractivity contribution in [2.45, 2.75) is 32.2 Å². The Bertz CT molecular complexity index is 1230. The first-order valence-corrected chi connectivity index (χ1v) is 10.7. The molecule has 10 heteroatoms. The Balaban J connectivity index is 1.53. The average molecular weight is 445 g/mol. The van der Waals surface area contributed by atoms with E-state index in [9.17, 15) is 14.4 Å². The van der Waals surface area contributed by atoms with Crippen LogP contribution in [0.3, 0.4) is 0 Å². The van der Waals surface area contributed by atoms with E-state index in [1.165, 1.54) is 48.9 Å². The molecule has 2 aromatic heterocycles. The number of halogens is 1. The molecule has 0 aliphatic carbocycles. The van der Waals surface area contributed by atoms with Crippen molar-refractivity contribution >= 4 is 40.0 Å². The van der Waals surface area contributed by atoms with Crippen LogP contribution >= 0.6 is 11.6 Å². The van der Waals surface area contributed by atoms with E-state index in [1.54, 1.807) is 0 Å². The second kappa shape index (κ2) is 8.58. The Kier molecular flexibility index (Phi) is 5.86. The van der Waals surface area contributed by atoms with E-state index in [1.807, 2.05) is 24.3 Å².